The molecule has 2 rings (SSSR count). The molecule has 240 valence electrons. The first kappa shape index (κ1) is 36.1. The quantitative estimate of drug-likeness (QED) is 0.293. The zero-order chi connectivity index (χ0) is 32.5. The van der Waals surface area contributed by atoms with Crippen molar-refractivity contribution < 1.29 is 32.3 Å². The summed E-state index contributed by atoms with van der Waals surface area (Å²) in [6, 6.07) is 12.5. The van der Waals surface area contributed by atoms with Crippen LogP contribution in [0.4, 0.5) is 4.48 Å². The Labute approximate surface area is 255 Å². The number of rotatable bonds is 15. The third-order valence-electron chi connectivity index (χ3n) is 6.73. The van der Waals surface area contributed by atoms with Crippen LogP contribution in [0.2, 0.25) is 0 Å². The molecule has 10 nitrogen and oxygen atoms in total. The van der Waals surface area contributed by atoms with Crippen LogP contribution in [0, 0.1) is 11.3 Å². The monoisotopic (exact) mass is 622 g/mol. The van der Waals surface area contributed by atoms with Gasteiger partial charge in [0.1, 0.15) is 11.8 Å². The third kappa shape index (κ3) is 10.6. The Balaban J connectivity index is 2.44. The smallest absolute Gasteiger partial charge is 0.265 e. The number of halogens is 1. The summed E-state index contributed by atoms with van der Waals surface area (Å²) in [7, 11) is 0.680. The SMILES string of the molecule is COc1ccc(S(=O)(=O)N(CC(C)C)CC(O)C(Cc2ccccc2)NC(=O)[C@@H](N(F)C(=O)CN(C)C)C(C)(C)C)cc1. The van der Waals surface area contributed by atoms with Gasteiger partial charge in [0.15, 0.2) is 0 Å². The summed E-state index contributed by atoms with van der Waals surface area (Å²) in [4.78, 5) is 27.8. The number of ether oxygens (including phenoxy) is 1. The minimum Gasteiger partial charge on any atom is -0.497 e. The molecular weight excluding hydrogens is 575 g/mol. The number of carbonyl (C=O) groups is 2. The Bertz CT molecular complexity index is 1280. The molecule has 0 spiro atoms. The minimum atomic E-state index is -4.04. The number of aliphatic hydroxyl groups excluding tert-OH is 1. The summed E-state index contributed by atoms with van der Waals surface area (Å²) < 4.78 is 49.1. The summed E-state index contributed by atoms with van der Waals surface area (Å²) in [5, 5.41) is 14.2. The van der Waals surface area contributed by atoms with Gasteiger partial charge in [0.2, 0.25) is 15.9 Å². The standard InChI is InChI=1S/C31H47FN4O6S/c1-22(2)19-35(43(40,41)25-16-14-24(42-8)15-17-25)20-27(37)26(18-23-12-10-9-11-13-23)33-30(39)29(31(3,4)5)36(32)28(38)21-34(6)7/h9-17,22,26-27,29,37H,18-21H2,1-8H3,(H,33,39)/t26?,27?,29-/m1/s1. The van der Waals surface area contributed by atoms with Gasteiger partial charge in [-0.2, -0.15) is 9.43 Å². The number of likely N-dealkylation sites (N-methyl/N-ethyl adjacent to an activating group) is 1. The second kappa shape index (κ2) is 15.6. The normalized spacial score (nSPS) is 14.4. The minimum absolute atomic E-state index is 0.0325. The van der Waals surface area contributed by atoms with Crippen molar-refractivity contribution in [3.05, 3.63) is 60.2 Å². The lowest BCUT2D eigenvalue weighted by molar-refractivity contribution is -0.166. The molecule has 0 saturated heterocycles. The lowest BCUT2D eigenvalue weighted by atomic mass is 9.85. The molecule has 0 aliphatic rings. The van der Waals surface area contributed by atoms with Gasteiger partial charge in [-0.25, -0.2) is 8.42 Å². The van der Waals surface area contributed by atoms with E-state index in [4.69, 9.17) is 4.74 Å². The van der Waals surface area contributed by atoms with Crippen molar-refractivity contribution in [2.45, 2.75) is 64.1 Å². The molecule has 0 aromatic heterocycles. The topological polar surface area (TPSA) is 119 Å². The Kier molecular flexibility index (Phi) is 13.1. The molecule has 0 bridgehead atoms. The highest BCUT2D eigenvalue weighted by molar-refractivity contribution is 7.89. The predicted molar refractivity (Wildman–Crippen MR) is 164 cm³/mol. The molecule has 2 aromatic carbocycles. The van der Waals surface area contributed by atoms with Gasteiger partial charge in [0.25, 0.3) is 5.91 Å². The lowest BCUT2D eigenvalue weighted by Gasteiger charge is -2.36. The second-order valence-electron chi connectivity index (χ2n) is 12.5. The number of amides is 2. The summed E-state index contributed by atoms with van der Waals surface area (Å²) in [6.45, 7) is 8.19. The number of hydrogen-bond acceptors (Lipinski definition) is 7. The fraction of sp³-hybridized carbons (Fsp3) is 0.548. The number of nitrogens with zero attached hydrogens (tertiary/aromatic N) is 3. The summed E-state index contributed by atoms with van der Waals surface area (Å²) >= 11 is 0. The number of aliphatic hydroxyl groups is 1. The fourth-order valence-corrected chi connectivity index (χ4v) is 6.26. The van der Waals surface area contributed by atoms with E-state index in [1.807, 2.05) is 32.0 Å². The Morgan fingerprint density at radius 2 is 1.58 bits per heavy atom. The van der Waals surface area contributed by atoms with Crippen LogP contribution in [0.15, 0.2) is 59.5 Å². The Morgan fingerprint density at radius 1 is 1.00 bits per heavy atom. The van der Waals surface area contributed by atoms with Gasteiger partial charge in [-0.3, -0.25) is 9.59 Å². The first-order valence-electron chi connectivity index (χ1n) is 14.3. The molecule has 43 heavy (non-hydrogen) atoms. The van der Waals surface area contributed by atoms with Crippen LogP contribution in [0.25, 0.3) is 0 Å². The maximum atomic E-state index is 15.4. The van der Waals surface area contributed by atoms with E-state index >= 15 is 4.48 Å². The largest absolute Gasteiger partial charge is 0.497 e. The van der Waals surface area contributed by atoms with Crippen molar-refractivity contribution in [2.75, 3.05) is 40.8 Å². The van der Waals surface area contributed by atoms with Crippen LogP contribution in [-0.4, -0.2) is 98.7 Å². The molecule has 3 atom stereocenters. The molecule has 2 aromatic rings. The summed E-state index contributed by atoms with van der Waals surface area (Å²) in [5.74, 6) is -1.25. The predicted octanol–water partition coefficient (Wildman–Crippen LogP) is 3.12. The molecule has 0 fully saturated rings. The first-order valence-corrected chi connectivity index (χ1v) is 15.7. The van der Waals surface area contributed by atoms with Crippen molar-refractivity contribution in [1.82, 2.24) is 19.6 Å². The number of methoxy groups -OCH3 is 1. The van der Waals surface area contributed by atoms with Gasteiger partial charge in [0, 0.05) is 13.1 Å². The number of carbonyl (C=O) groups excluding carboxylic acids is 2. The zero-order valence-electron chi connectivity index (χ0n) is 26.5. The number of nitrogens with one attached hydrogen (secondary N) is 1. The van der Waals surface area contributed by atoms with Crippen LogP contribution < -0.4 is 10.1 Å². The maximum absolute atomic E-state index is 15.4. The van der Waals surface area contributed by atoms with E-state index in [2.05, 4.69) is 5.32 Å². The molecule has 2 unspecified atom stereocenters. The van der Waals surface area contributed by atoms with Gasteiger partial charge >= 0.3 is 0 Å². The first-order chi connectivity index (χ1) is 20.0. The van der Waals surface area contributed by atoms with E-state index in [1.165, 1.54) is 28.4 Å². The van der Waals surface area contributed by atoms with E-state index in [1.54, 1.807) is 59.1 Å². The van der Waals surface area contributed by atoms with Crippen molar-refractivity contribution in [1.29, 1.82) is 0 Å². The van der Waals surface area contributed by atoms with Gasteiger partial charge < -0.3 is 20.1 Å². The van der Waals surface area contributed by atoms with Gasteiger partial charge in [-0.15, -0.1) is 0 Å². The molecule has 12 heteroatoms. The number of sulfonamides is 1. The Hall–Kier alpha value is -3.06. The zero-order valence-corrected chi connectivity index (χ0v) is 27.3. The van der Waals surface area contributed by atoms with Gasteiger partial charge in [0.05, 0.1) is 30.7 Å². The molecule has 0 aliphatic heterocycles. The summed E-state index contributed by atoms with van der Waals surface area (Å²) in [5.41, 5.74) is -0.224. The van der Waals surface area contributed by atoms with Crippen LogP contribution in [-0.2, 0) is 26.0 Å². The molecule has 2 amide bonds. The molecule has 0 saturated carbocycles. The fourth-order valence-electron chi connectivity index (χ4n) is 4.64. The van der Waals surface area contributed by atoms with Crippen LogP contribution in [0.1, 0.15) is 40.2 Å². The van der Waals surface area contributed by atoms with E-state index in [0.29, 0.717) is 5.75 Å². The van der Waals surface area contributed by atoms with Crippen molar-refractivity contribution in [2.24, 2.45) is 11.3 Å². The number of hydrogen-bond donors (Lipinski definition) is 2. The average molecular weight is 623 g/mol. The van der Waals surface area contributed by atoms with Gasteiger partial charge in [-0.1, -0.05) is 69.4 Å². The van der Waals surface area contributed by atoms with Crippen molar-refractivity contribution >= 4 is 21.8 Å². The molecule has 0 heterocycles. The van der Waals surface area contributed by atoms with Crippen LogP contribution in [0.5, 0.6) is 5.75 Å². The van der Waals surface area contributed by atoms with E-state index in [0.717, 1.165) is 5.56 Å². The lowest BCUT2D eigenvalue weighted by Crippen LogP contribution is -2.58. The highest BCUT2D eigenvalue weighted by Crippen LogP contribution is 2.27. The molecular formula is C31H47FN4O6S. The second-order valence-corrected chi connectivity index (χ2v) is 14.4. The van der Waals surface area contributed by atoms with E-state index in [-0.39, 0.29) is 42.0 Å². The average Bonchev–Trinajstić information content (AvgIpc) is 2.91. The summed E-state index contributed by atoms with van der Waals surface area (Å²) in [6.07, 6.45) is -1.23. The van der Waals surface area contributed by atoms with Crippen LogP contribution >= 0.6 is 0 Å². The van der Waals surface area contributed by atoms with E-state index < -0.39 is 45.4 Å². The molecule has 0 aliphatic carbocycles. The molecule has 0 radical (unpaired) electrons. The Morgan fingerprint density at radius 3 is 2.07 bits per heavy atom. The third-order valence-corrected chi connectivity index (χ3v) is 8.58. The maximum Gasteiger partial charge on any atom is 0.265 e. The van der Waals surface area contributed by atoms with E-state index in [9.17, 15) is 23.1 Å². The van der Waals surface area contributed by atoms with Crippen LogP contribution in [0.3, 0.4) is 0 Å². The highest BCUT2D eigenvalue weighted by Gasteiger charge is 2.42. The number of benzene rings is 2. The van der Waals surface area contributed by atoms with Crippen molar-refractivity contribution in [3.8, 4) is 5.75 Å². The highest BCUT2D eigenvalue weighted by atomic mass is 32.2. The molecule has 2 N–H and O–H groups in total. The van der Waals surface area contributed by atoms with Crippen molar-refractivity contribution in [3.63, 3.8) is 0 Å². The van der Waals surface area contributed by atoms with Gasteiger partial charge in [-0.05, 0) is 61.7 Å².